The number of hydrogen-bond donors (Lipinski definition) is 0. The Hall–Kier alpha value is -1.03. The molecule has 0 spiro atoms. The van der Waals surface area contributed by atoms with E-state index in [0.717, 1.165) is 5.56 Å². The molecule has 1 aromatic carbocycles. The molecule has 100 valence electrons. The summed E-state index contributed by atoms with van der Waals surface area (Å²) >= 11 is 1.63. The summed E-state index contributed by atoms with van der Waals surface area (Å²) in [5.74, 6) is 0.316. The lowest BCUT2D eigenvalue weighted by Gasteiger charge is -2.21. The lowest BCUT2D eigenvalue weighted by molar-refractivity contribution is -0.127. The number of halogens is 1. The van der Waals surface area contributed by atoms with Crippen molar-refractivity contribution in [1.82, 2.24) is 4.90 Å². The first-order valence-corrected chi connectivity index (χ1v) is 6.89. The van der Waals surface area contributed by atoms with Crippen LogP contribution in [0.15, 0.2) is 24.3 Å². The Morgan fingerprint density at radius 3 is 2.33 bits per heavy atom. The van der Waals surface area contributed by atoms with E-state index in [4.69, 9.17) is 0 Å². The Balaban J connectivity index is 2.47. The Morgan fingerprint density at radius 1 is 1.28 bits per heavy atom. The predicted molar refractivity (Wildman–Crippen MR) is 75.1 cm³/mol. The topological polar surface area (TPSA) is 20.3 Å². The highest BCUT2D eigenvalue weighted by Crippen LogP contribution is 2.23. The van der Waals surface area contributed by atoms with Gasteiger partial charge in [0.2, 0.25) is 5.91 Å². The highest BCUT2D eigenvalue weighted by atomic mass is 32.2. The van der Waals surface area contributed by atoms with Gasteiger partial charge in [-0.2, -0.15) is 0 Å². The van der Waals surface area contributed by atoms with Gasteiger partial charge in [0.1, 0.15) is 5.82 Å². The molecule has 1 rings (SSSR count). The van der Waals surface area contributed by atoms with Crippen molar-refractivity contribution in [2.45, 2.75) is 32.1 Å². The van der Waals surface area contributed by atoms with Crippen LogP contribution < -0.4 is 0 Å². The first-order valence-electron chi connectivity index (χ1n) is 5.90. The molecular weight excluding hydrogens is 249 g/mol. The molecular formula is C14H20FNOS. The van der Waals surface area contributed by atoms with E-state index >= 15 is 0 Å². The summed E-state index contributed by atoms with van der Waals surface area (Å²) in [6, 6.07) is 6.24. The van der Waals surface area contributed by atoms with Gasteiger partial charge >= 0.3 is 0 Å². The SMILES string of the molecule is CN(Cc1ccc(F)cc1)C(=O)CSC(C)(C)C. The first kappa shape index (κ1) is 15.0. The minimum Gasteiger partial charge on any atom is -0.341 e. The molecule has 0 saturated carbocycles. The van der Waals surface area contributed by atoms with Crippen molar-refractivity contribution in [3.8, 4) is 0 Å². The molecule has 0 atom stereocenters. The molecule has 18 heavy (non-hydrogen) atoms. The van der Waals surface area contributed by atoms with Gasteiger partial charge in [-0.15, -0.1) is 11.8 Å². The Morgan fingerprint density at radius 2 is 1.83 bits per heavy atom. The van der Waals surface area contributed by atoms with E-state index < -0.39 is 0 Å². The third-order valence-electron chi connectivity index (χ3n) is 2.39. The maximum absolute atomic E-state index is 12.8. The van der Waals surface area contributed by atoms with Crippen molar-refractivity contribution in [3.63, 3.8) is 0 Å². The van der Waals surface area contributed by atoms with Gasteiger partial charge in [0.25, 0.3) is 0 Å². The fraction of sp³-hybridized carbons (Fsp3) is 0.500. The van der Waals surface area contributed by atoms with E-state index in [0.29, 0.717) is 12.3 Å². The van der Waals surface area contributed by atoms with Crippen LogP contribution in [0.4, 0.5) is 4.39 Å². The van der Waals surface area contributed by atoms with E-state index in [1.807, 2.05) is 0 Å². The summed E-state index contributed by atoms with van der Waals surface area (Å²) in [5, 5.41) is 0. The zero-order valence-corrected chi connectivity index (χ0v) is 12.2. The predicted octanol–water partition coefficient (Wildman–Crippen LogP) is 3.32. The molecule has 1 aromatic rings. The summed E-state index contributed by atoms with van der Waals surface area (Å²) in [5.41, 5.74) is 0.938. The average molecular weight is 269 g/mol. The van der Waals surface area contributed by atoms with Crippen LogP contribution in [0.3, 0.4) is 0 Å². The van der Waals surface area contributed by atoms with Crippen molar-refractivity contribution in [3.05, 3.63) is 35.6 Å². The molecule has 0 saturated heterocycles. The molecule has 0 aliphatic rings. The van der Waals surface area contributed by atoms with Gasteiger partial charge < -0.3 is 4.90 Å². The molecule has 1 amide bonds. The number of amides is 1. The summed E-state index contributed by atoms with van der Waals surface area (Å²) in [4.78, 5) is 13.6. The summed E-state index contributed by atoms with van der Waals surface area (Å²) < 4.78 is 12.8. The fourth-order valence-corrected chi connectivity index (χ4v) is 2.12. The van der Waals surface area contributed by atoms with E-state index in [-0.39, 0.29) is 16.5 Å². The minimum atomic E-state index is -0.254. The molecule has 0 heterocycles. The second-order valence-corrected chi connectivity index (χ2v) is 7.08. The molecule has 0 aliphatic carbocycles. The van der Waals surface area contributed by atoms with Crippen molar-refractivity contribution in [2.75, 3.05) is 12.8 Å². The Labute approximate surface area is 113 Å². The van der Waals surface area contributed by atoms with Crippen LogP contribution in [0, 0.1) is 5.82 Å². The third-order valence-corrected chi connectivity index (χ3v) is 3.64. The second-order valence-electron chi connectivity index (χ2n) is 5.28. The number of hydrogen-bond acceptors (Lipinski definition) is 2. The minimum absolute atomic E-state index is 0.0897. The molecule has 0 fully saturated rings. The molecule has 0 radical (unpaired) electrons. The molecule has 0 N–H and O–H groups in total. The normalized spacial score (nSPS) is 11.4. The van der Waals surface area contributed by atoms with Crippen LogP contribution in [0.2, 0.25) is 0 Å². The first-order chi connectivity index (χ1) is 8.28. The van der Waals surface area contributed by atoms with Gasteiger partial charge in [-0.25, -0.2) is 4.39 Å². The molecule has 2 nitrogen and oxygen atoms in total. The van der Waals surface area contributed by atoms with Gasteiger partial charge in [-0.3, -0.25) is 4.79 Å². The van der Waals surface area contributed by atoms with Crippen LogP contribution in [0.25, 0.3) is 0 Å². The number of benzene rings is 1. The highest BCUT2D eigenvalue weighted by molar-refractivity contribution is 8.01. The molecule has 0 aliphatic heterocycles. The van der Waals surface area contributed by atoms with Gasteiger partial charge in [0.05, 0.1) is 5.75 Å². The van der Waals surface area contributed by atoms with Crippen molar-refractivity contribution in [2.24, 2.45) is 0 Å². The molecule has 0 unspecified atom stereocenters. The third kappa shape index (κ3) is 5.54. The monoisotopic (exact) mass is 269 g/mol. The van der Waals surface area contributed by atoms with E-state index in [1.165, 1.54) is 12.1 Å². The van der Waals surface area contributed by atoms with Gasteiger partial charge in [0.15, 0.2) is 0 Å². The van der Waals surface area contributed by atoms with Crippen LogP contribution in [-0.2, 0) is 11.3 Å². The lowest BCUT2D eigenvalue weighted by Crippen LogP contribution is -2.29. The quantitative estimate of drug-likeness (QED) is 0.835. The Kier molecular flexibility index (Phi) is 5.20. The smallest absolute Gasteiger partial charge is 0.232 e. The standard InChI is InChI=1S/C14H20FNOS/c1-14(2,3)18-10-13(17)16(4)9-11-5-7-12(15)8-6-11/h5-8H,9-10H2,1-4H3. The second kappa shape index (κ2) is 6.23. The van der Waals surface area contributed by atoms with Gasteiger partial charge in [0, 0.05) is 18.3 Å². The summed E-state index contributed by atoms with van der Waals surface area (Å²) in [7, 11) is 1.77. The number of carbonyl (C=O) groups excluding carboxylic acids is 1. The zero-order valence-electron chi connectivity index (χ0n) is 11.4. The van der Waals surface area contributed by atoms with Crippen LogP contribution in [-0.4, -0.2) is 28.4 Å². The van der Waals surface area contributed by atoms with Crippen molar-refractivity contribution in [1.29, 1.82) is 0 Å². The van der Waals surface area contributed by atoms with Crippen molar-refractivity contribution >= 4 is 17.7 Å². The Bertz CT molecular complexity index is 397. The number of thioether (sulfide) groups is 1. The van der Waals surface area contributed by atoms with E-state index in [1.54, 1.807) is 35.8 Å². The molecule has 4 heteroatoms. The number of nitrogens with zero attached hydrogens (tertiary/aromatic N) is 1. The highest BCUT2D eigenvalue weighted by Gasteiger charge is 2.16. The average Bonchev–Trinajstić information content (AvgIpc) is 2.28. The maximum atomic E-state index is 12.8. The van der Waals surface area contributed by atoms with Crippen LogP contribution in [0.5, 0.6) is 0 Å². The molecule has 0 bridgehead atoms. The van der Waals surface area contributed by atoms with Crippen LogP contribution in [0.1, 0.15) is 26.3 Å². The van der Waals surface area contributed by atoms with E-state index in [9.17, 15) is 9.18 Å². The fourth-order valence-electron chi connectivity index (χ4n) is 1.34. The summed E-state index contributed by atoms with van der Waals surface area (Å²) in [6.07, 6.45) is 0. The van der Waals surface area contributed by atoms with E-state index in [2.05, 4.69) is 20.8 Å². The largest absolute Gasteiger partial charge is 0.341 e. The summed E-state index contributed by atoms with van der Waals surface area (Å²) in [6.45, 7) is 6.78. The van der Waals surface area contributed by atoms with Crippen molar-refractivity contribution < 1.29 is 9.18 Å². The molecule has 0 aromatic heterocycles. The van der Waals surface area contributed by atoms with Gasteiger partial charge in [-0.05, 0) is 17.7 Å². The number of rotatable bonds is 4. The number of carbonyl (C=O) groups is 1. The zero-order chi connectivity index (χ0) is 13.8. The van der Waals surface area contributed by atoms with Gasteiger partial charge in [-0.1, -0.05) is 32.9 Å². The maximum Gasteiger partial charge on any atom is 0.232 e. The van der Waals surface area contributed by atoms with Crippen LogP contribution >= 0.6 is 11.8 Å². The lowest BCUT2D eigenvalue weighted by atomic mass is 10.2.